The molecule has 1 aliphatic rings. The molecule has 3 aromatic rings. The van der Waals surface area contributed by atoms with Gasteiger partial charge < -0.3 is 9.47 Å². The first-order valence-corrected chi connectivity index (χ1v) is 12.5. The van der Waals surface area contributed by atoms with Crippen molar-refractivity contribution in [3.05, 3.63) is 119 Å². The van der Waals surface area contributed by atoms with Crippen molar-refractivity contribution in [1.29, 1.82) is 0 Å². The molecule has 2 atom stereocenters. The number of hydrogen-bond acceptors (Lipinski definition) is 3. The van der Waals surface area contributed by atoms with E-state index in [1.165, 1.54) is 11.8 Å². The molecule has 1 heterocycles. The molecule has 0 spiro atoms. The predicted octanol–water partition coefficient (Wildman–Crippen LogP) is 8.64. The maximum absolute atomic E-state index is 13.4. The van der Waals surface area contributed by atoms with Gasteiger partial charge in [0, 0.05) is 6.20 Å². The van der Waals surface area contributed by atoms with E-state index in [1.54, 1.807) is 54.7 Å². The molecule has 0 aliphatic carbocycles. The number of ether oxygens (including phenoxy) is 2. The van der Waals surface area contributed by atoms with E-state index in [0.717, 1.165) is 5.56 Å². The third-order valence-electron chi connectivity index (χ3n) is 6.80. The predicted molar refractivity (Wildman–Crippen MR) is 136 cm³/mol. The minimum atomic E-state index is -4.98. The fourth-order valence-electron chi connectivity index (χ4n) is 4.62. The lowest BCUT2D eigenvalue weighted by molar-refractivity contribution is -0.143. The largest absolute Gasteiger partial charge is 0.444 e. The summed E-state index contributed by atoms with van der Waals surface area (Å²) in [5, 5.41) is 0. The van der Waals surface area contributed by atoms with E-state index in [2.05, 4.69) is 0 Å². The van der Waals surface area contributed by atoms with Gasteiger partial charge in [0.25, 0.3) is 0 Å². The summed E-state index contributed by atoms with van der Waals surface area (Å²) in [5.74, 6) is 0. The lowest BCUT2D eigenvalue weighted by atomic mass is 9.82. The molecular formula is C30H27F6NO3. The quantitative estimate of drug-likeness (QED) is 0.270. The van der Waals surface area contributed by atoms with E-state index in [1.807, 2.05) is 18.2 Å². The van der Waals surface area contributed by atoms with Crippen LogP contribution in [-0.4, -0.2) is 17.6 Å². The van der Waals surface area contributed by atoms with Crippen molar-refractivity contribution < 1.29 is 40.6 Å². The highest BCUT2D eigenvalue weighted by atomic mass is 19.4. The molecule has 0 radical (unpaired) electrons. The smallest absolute Gasteiger partial charge is 0.416 e. The van der Waals surface area contributed by atoms with Crippen molar-refractivity contribution in [2.45, 2.75) is 50.4 Å². The topological polar surface area (TPSA) is 38.8 Å². The van der Waals surface area contributed by atoms with Gasteiger partial charge in [-0.25, -0.2) is 4.79 Å². The van der Waals surface area contributed by atoms with Crippen LogP contribution in [0.25, 0.3) is 0 Å². The molecule has 0 saturated carbocycles. The summed E-state index contributed by atoms with van der Waals surface area (Å²) in [6.45, 7) is 1.18. The zero-order valence-corrected chi connectivity index (χ0v) is 21.5. The zero-order valence-electron chi connectivity index (χ0n) is 21.5. The Morgan fingerprint density at radius 2 is 1.48 bits per heavy atom. The van der Waals surface area contributed by atoms with Crippen LogP contribution in [-0.2, 0) is 34.0 Å². The Morgan fingerprint density at radius 1 is 0.900 bits per heavy atom. The molecule has 4 rings (SSSR count). The molecule has 0 saturated heterocycles. The molecule has 4 nitrogen and oxygen atoms in total. The third kappa shape index (κ3) is 6.67. The third-order valence-corrected chi connectivity index (χ3v) is 6.80. The monoisotopic (exact) mass is 563 g/mol. The summed E-state index contributed by atoms with van der Waals surface area (Å²) in [5.41, 5.74) is -2.78. The summed E-state index contributed by atoms with van der Waals surface area (Å²) in [7, 11) is 0. The van der Waals surface area contributed by atoms with Gasteiger partial charge in [-0.3, -0.25) is 4.90 Å². The van der Waals surface area contributed by atoms with E-state index in [4.69, 9.17) is 9.47 Å². The summed E-state index contributed by atoms with van der Waals surface area (Å²) >= 11 is 0. The van der Waals surface area contributed by atoms with Gasteiger partial charge in [-0.15, -0.1) is 0 Å². The molecule has 212 valence electrons. The van der Waals surface area contributed by atoms with Crippen molar-refractivity contribution in [2.75, 3.05) is 6.61 Å². The lowest BCUT2D eigenvalue weighted by Crippen LogP contribution is -2.51. The molecule has 0 bridgehead atoms. The average Bonchev–Trinajstić information content (AvgIpc) is 2.94. The van der Waals surface area contributed by atoms with Gasteiger partial charge in [-0.1, -0.05) is 66.7 Å². The molecule has 0 N–H and O–H groups in total. The Kier molecular flexibility index (Phi) is 8.58. The molecule has 40 heavy (non-hydrogen) atoms. The second kappa shape index (κ2) is 11.8. The molecule has 0 aromatic heterocycles. The summed E-state index contributed by atoms with van der Waals surface area (Å²) in [6, 6.07) is 19.4. The van der Waals surface area contributed by atoms with Gasteiger partial charge >= 0.3 is 18.4 Å². The van der Waals surface area contributed by atoms with Crippen LogP contribution >= 0.6 is 0 Å². The van der Waals surface area contributed by atoms with Crippen LogP contribution in [0, 0.1) is 0 Å². The Morgan fingerprint density at radius 3 is 2.05 bits per heavy atom. The van der Waals surface area contributed by atoms with Crippen LogP contribution in [0.15, 0.2) is 91.1 Å². The Bertz CT molecular complexity index is 1290. The average molecular weight is 564 g/mol. The highest BCUT2D eigenvalue weighted by Crippen LogP contribution is 2.41. The van der Waals surface area contributed by atoms with Crippen molar-refractivity contribution >= 4 is 6.09 Å². The van der Waals surface area contributed by atoms with Gasteiger partial charge in [-0.05, 0) is 54.7 Å². The second-order valence-electron chi connectivity index (χ2n) is 9.52. The van der Waals surface area contributed by atoms with Crippen molar-refractivity contribution in [3.8, 4) is 0 Å². The Hall–Kier alpha value is -3.79. The van der Waals surface area contributed by atoms with E-state index in [0.29, 0.717) is 30.5 Å². The highest BCUT2D eigenvalue weighted by Gasteiger charge is 2.44. The summed E-state index contributed by atoms with van der Waals surface area (Å²) in [6.07, 6.45) is -7.48. The molecule has 1 amide bonds. The van der Waals surface area contributed by atoms with Crippen LogP contribution < -0.4 is 0 Å². The number of carbonyl (C=O) groups is 1. The minimum Gasteiger partial charge on any atom is -0.444 e. The highest BCUT2D eigenvalue weighted by molar-refractivity contribution is 5.71. The summed E-state index contributed by atoms with van der Waals surface area (Å²) < 4.78 is 92.1. The van der Waals surface area contributed by atoms with Gasteiger partial charge in [0.2, 0.25) is 0 Å². The van der Waals surface area contributed by atoms with Gasteiger partial charge in [0.15, 0.2) is 0 Å². The SMILES string of the molecule is CC(OCC1(c2ccccc2)CCC=CN1C(=O)OCc1ccccc1)c1cc(C(F)(F)F)cc(C(F)(F)F)c1. The molecule has 0 fully saturated rings. The van der Waals surface area contributed by atoms with Crippen molar-refractivity contribution in [1.82, 2.24) is 4.90 Å². The number of benzene rings is 3. The van der Waals surface area contributed by atoms with Crippen LogP contribution in [0.4, 0.5) is 31.1 Å². The number of allylic oxidation sites excluding steroid dienone is 1. The summed E-state index contributed by atoms with van der Waals surface area (Å²) in [4.78, 5) is 14.7. The molecule has 2 unspecified atom stereocenters. The number of nitrogens with zero attached hydrogens (tertiary/aromatic N) is 1. The van der Waals surface area contributed by atoms with Crippen LogP contribution in [0.3, 0.4) is 0 Å². The maximum Gasteiger partial charge on any atom is 0.416 e. The first-order valence-electron chi connectivity index (χ1n) is 12.5. The molecule has 1 aliphatic heterocycles. The first kappa shape index (κ1) is 29.2. The number of alkyl halides is 6. The maximum atomic E-state index is 13.4. The Labute approximate surface area is 227 Å². The normalized spacial score (nSPS) is 18.4. The Balaban J connectivity index is 1.64. The fourth-order valence-corrected chi connectivity index (χ4v) is 4.62. The van der Waals surface area contributed by atoms with Crippen LogP contribution in [0.5, 0.6) is 0 Å². The zero-order chi connectivity index (χ0) is 29.0. The van der Waals surface area contributed by atoms with Crippen LogP contribution in [0.1, 0.15) is 53.7 Å². The van der Waals surface area contributed by atoms with E-state index in [-0.39, 0.29) is 24.8 Å². The molecule has 10 heteroatoms. The van der Waals surface area contributed by atoms with Crippen molar-refractivity contribution in [2.24, 2.45) is 0 Å². The standard InChI is InChI=1S/C30H27F6NO3/c1-21(23-16-25(29(31,32)33)18-26(17-23)30(34,35)36)40-20-28(24-12-6-3-7-13-24)14-8-9-15-37(28)27(38)39-19-22-10-4-2-5-11-22/h2-7,9-13,15-18,21H,8,14,19-20H2,1H3. The minimum absolute atomic E-state index is 0.0105. The number of hydrogen-bond donors (Lipinski definition) is 0. The lowest BCUT2D eigenvalue weighted by Gasteiger charge is -2.44. The first-order chi connectivity index (χ1) is 18.9. The number of carbonyl (C=O) groups excluding carboxylic acids is 1. The van der Waals surface area contributed by atoms with E-state index >= 15 is 0 Å². The number of rotatable bonds is 7. The van der Waals surface area contributed by atoms with Crippen molar-refractivity contribution in [3.63, 3.8) is 0 Å². The van der Waals surface area contributed by atoms with E-state index < -0.39 is 41.2 Å². The second-order valence-corrected chi connectivity index (χ2v) is 9.52. The van der Waals surface area contributed by atoms with Crippen LogP contribution in [0.2, 0.25) is 0 Å². The van der Waals surface area contributed by atoms with Gasteiger partial charge in [0.05, 0.1) is 29.4 Å². The number of halogens is 6. The molecule has 3 aromatic carbocycles. The molecular weight excluding hydrogens is 536 g/mol. The fraction of sp³-hybridized carbons (Fsp3) is 0.300. The number of amides is 1. The van der Waals surface area contributed by atoms with E-state index in [9.17, 15) is 31.1 Å². The van der Waals surface area contributed by atoms with Gasteiger partial charge in [0.1, 0.15) is 6.61 Å². The van der Waals surface area contributed by atoms with Gasteiger partial charge in [-0.2, -0.15) is 26.3 Å².